The second kappa shape index (κ2) is 8.71. The molecule has 1 aliphatic heterocycles. The number of methoxy groups -OCH3 is 1. The van der Waals surface area contributed by atoms with Crippen LogP contribution < -0.4 is 4.74 Å². The van der Waals surface area contributed by atoms with E-state index in [0.717, 1.165) is 23.4 Å². The maximum Gasteiger partial charge on any atom is 0.143 e. The summed E-state index contributed by atoms with van der Waals surface area (Å²) in [5.74, 6) is 0.437. The average molecular weight is 386 g/mol. The van der Waals surface area contributed by atoms with Gasteiger partial charge in [0, 0.05) is 25.2 Å². The van der Waals surface area contributed by atoms with E-state index in [1.54, 1.807) is 13.4 Å². The summed E-state index contributed by atoms with van der Waals surface area (Å²) in [5, 5.41) is 0. The van der Waals surface area contributed by atoms with Crippen molar-refractivity contribution < 1.29 is 18.6 Å². The molecule has 2 aromatic rings. The molecule has 28 heavy (non-hydrogen) atoms. The first-order chi connectivity index (χ1) is 13.5. The van der Waals surface area contributed by atoms with Gasteiger partial charge in [-0.2, -0.15) is 0 Å². The summed E-state index contributed by atoms with van der Waals surface area (Å²) in [7, 11) is 3.55. The predicted molar refractivity (Wildman–Crippen MR) is 108 cm³/mol. The summed E-state index contributed by atoms with van der Waals surface area (Å²) in [6, 6.07) is 11.0. The summed E-state index contributed by atoms with van der Waals surface area (Å²) in [5.41, 5.74) is 2.21. The van der Waals surface area contributed by atoms with Crippen LogP contribution in [0.2, 0.25) is 0 Å². The molecular weight excluding hydrogens is 359 g/mol. The molecule has 1 aliphatic rings. The minimum Gasteiger partial charge on any atom is -0.497 e. The second-order valence-electron chi connectivity index (χ2n) is 7.06. The summed E-state index contributed by atoms with van der Waals surface area (Å²) in [6.45, 7) is 5.80. The molecule has 1 heterocycles. The highest BCUT2D eigenvalue weighted by Gasteiger charge is 2.44. The van der Waals surface area contributed by atoms with E-state index in [1.807, 2.05) is 56.1 Å². The lowest BCUT2D eigenvalue weighted by Crippen LogP contribution is -2.49. The zero-order valence-corrected chi connectivity index (χ0v) is 16.9. The van der Waals surface area contributed by atoms with Crippen molar-refractivity contribution in [2.24, 2.45) is 4.99 Å². The molecule has 5 nitrogen and oxygen atoms in total. The van der Waals surface area contributed by atoms with Crippen LogP contribution >= 0.6 is 0 Å². The number of rotatable bonds is 8. The lowest BCUT2D eigenvalue weighted by Gasteiger charge is -2.42. The Labute approximate surface area is 165 Å². The molecule has 6 heteroatoms. The van der Waals surface area contributed by atoms with E-state index < -0.39 is 5.60 Å². The number of benzene rings is 2. The van der Waals surface area contributed by atoms with Gasteiger partial charge in [0.05, 0.1) is 39.0 Å². The van der Waals surface area contributed by atoms with Crippen molar-refractivity contribution in [1.82, 2.24) is 4.90 Å². The second-order valence-corrected chi connectivity index (χ2v) is 7.06. The average Bonchev–Trinajstić information content (AvgIpc) is 2.68. The van der Waals surface area contributed by atoms with Crippen molar-refractivity contribution in [3.05, 3.63) is 58.9 Å². The zero-order valence-electron chi connectivity index (χ0n) is 16.9. The van der Waals surface area contributed by atoms with Crippen molar-refractivity contribution in [2.45, 2.75) is 26.1 Å². The molecule has 0 saturated carbocycles. The lowest BCUT2D eigenvalue weighted by atomic mass is 9.89. The van der Waals surface area contributed by atoms with E-state index in [2.05, 4.69) is 4.99 Å². The van der Waals surface area contributed by atoms with Crippen molar-refractivity contribution in [1.29, 1.82) is 0 Å². The summed E-state index contributed by atoms with van der Waals surface area (Å²) in [6.07, 6.45) is 1.71. The number of aliphatic imine (C=N–C) groups is 1. The SMILES string of the molecule is CCN(C)C=Nc1cc(F)c(C2(OCc3cccc(OC)c3)COC2)cc1C. The van der Waals surface area contributed by atoms with Gasteiger partial charge in [0.1, 0.15) is 17.2 Å². The molecule has 0 bridgehead atoms. The van der Waals surface area contributed by atoms with Crippen LogP contribution in [0.25, 0.3) is 0 Å². The van der Waals surface area contributed by atoms with Gasteiger partial charge in [-0.25, -0.2) is 9.38 Å². The third-order valence-electron chi connectivity index (χ3n) is 4.99. The fourth-order valence-corrected chi connectivity index (χ4v) is 2.99. The Hall–Kier alpha value is -2.44. The minimum atomic E-state index is -0.777. The van der Waals surface area contributed by atoms with Gasteiger partial charge in [0.2, 0.25) is 0 Å². The molecule has 0 spiro atoms. The largest absolute Gasteiger partial charge is 0.497 e. The number of nitrogens with zero attached hydrogens (tertiary/aromatic N) is 2. The van der Waals surface area contributed by atoms with Gasteiger partial charge in [-0.05, 0) is 43.2 Å². The van der Waals surface area contributed by atoms with E-state index >= 15 is 0 Å². The van der Waals surface area contributed by atoms with Crippen LogP contribution in [0.1, 0.15) is 23.6 Å². The summed E-state index contributed by atoms with van der Waals surface area (Å²) in [4.78, 5) is 6.33. The Morgan fingerprint density at radius 1 is 1.29 bits per heavy atom. The van der Waals surface area contributed by atoms with Crippen LogP contribution in [0.15, 0.2) is 41.4 Å². The Bertz CT molecular complexity index is 850. The summed E-state index contributed by atoms with van der Waals surface area (Å²) < 4.78 is 31.8. The van der Waals surface area contributed by atoms with Crippen molar-refractivity contribution in [3.8, 4) is 5.75 Å². The number of ether oxygens (including phenoxy) is 3. The Kier molecular flexibility index (Phi) is 6.31. The smallest absolute Gasteiger partial charge is 0.143 e. The first-order valence-corrected chi connectivity index (χ1v) is 9.37. The van der Waals surface area contributed by atoms with Gasteiger partial charge in [-0.1, -0.05) is 12.1 Å². The van der Waals surface area contributed by atoms with E-state index in [9.17, 15) is 4.39 Å². The molecular formula is C22H27FN2O3. The molecule has 0 aliphatic carbocycles. The third-order valence-corrected chi connectivity index (χ3v) is 4.99. The normalized spacial score (nSPS) is 15.5. The van der Waals surface area contributed by atoms with E-state index in [-0.39, 0.29) is 5.82 Å². The molecule has 0 atom stereocenters. The van der Waals surface area contributed by atoms with Crippen LogP contribution in [0.3, 0.4) is 0 Å². The Morgan fingerprint density at radius 2 is 2.07 bits per heavy atom. The summed E-state index contributed by atoms with van der Waals surface area (Å²) >= 11 is 0. The van der Waals surface area contributed by atoms with Gasteiger partial charge in [-0.15, -0.1) is 0 Å². The first kappa shape index (κ1) is 20.3. The monoisotopic (exact) mass is 386 g/mol. The highest BCUT2D eigenvalue weighted by molar-refractivity contribution is 5.63. The fraction of sp³-hybridized carbons (Fsp3) is 0.409. The molecule has 0 radical (unpaired) electrons. The van der Waals surface area contributed by atoms with Crippen molar-refractivity contribution in [3.63, 3.8) is 0 Å². The maximum absolute atomic E-state index is 15.0. The van der Waals surface area contributed by atoms with Gasteiger partial charge in [0.15, 0.2) is 0 Å². The predicted octanol–water partition coefficient (Wildman–Crippen LogP) is 4.20. The Balaban J connectivity index is 1.81. The number of aryl methyl sites for hydroxylation is 1. The van der Waals surface area contributed by atoms with E-state index in [1.165, 1.54) is 6.07 Å². The quantitative estimate of drug-likeness (QED) is 0.504. The first-order valence-electron chi connectivity index (χ1n) is 9.37. The molecule has 1 fully saturated rings. The number of hydrogen-bond donors (Lipinski definition) is 0. The van der Waals surface area contributed by atoms with Gasteiger partial charge >= 0.3 is 0 Å². The molecule has 0 amide bonds. The van der Waals surface area contributed by atoms with E-state index in [0.29, 0.717) is 31.1 Å². The minimum absolute atomic E-state index is 0.328. The van der Waals surface area contributed by atoms with Crippen LogP contribution in [0.4, 0.5) is 10.1 Å². The fourth-order valence-electron chi connectivity index (χ4n) is 2.99. The highest BCUT2D eigenvalue weighted by Crippen LogP contribution is 2.38. The molecule has 150 valence electrons. The zero-order chi connectivity index (χ0) is 20.1. The molecule has 0 N–H and O–H groups in total. The van der Waals surface area contributed by atoms with Crippen molar-refractivity contribution in [2.75, 3.05) is 33.9 Å². The Morgan fingerprint density at radius 3 is 2.71 bits per heavy atom. The van der Waals surface area contributed by atoms with Crippen LogP contribution in [0.5, 0.6) is 5.75 Å². The molecule has 3 rings (SSSR count). The standard InChI is InChI=1S/C22H27FN2O3/c1-5-25(3)15-24-21-11-20(23)19(9-16(21)2)22(13-27-14-22)28-12-17-7-6-8-18(10-17)26-4/h6-11,15H,5,12-14H2,1-4H3. The van der Waals surface area contributed by atoms with Gasteiger partial charge in [0.25, 0.3) is 0 Å². The molecule has 0 unspecified atom stereocenters. The van der Waals surface area contributed by atoms with Crippen molar-refractivity contribution >= 4 is 12.0 Å². The topological polar surface area (TPSA) is 43.3 Å². The third kappa shape index (κ3) is 4.34. The van der Waals surface area contributed by atoms with Crippen LogP contribution in [-0.4, -0.2) is 45.2 Å². The van der Waals surface area contributed by atoms with Gasteiger partial charge in [-0.3, -0.25) is 0 Å². The van der Waals surface area contributed by atoms with E-state index in [4.69, 9.17) is 14.2 Å². The number of halogens is 1. The lowest BCUT2D eigenvalue weighted by molar-refractivity contribution is -0.224. The van der Waals surface area contributed by atoms with Crippen LogP contribution in [0, 0.1) is 12.7 Å². The van der Waals surface area contributed by atoms with Gasteiger partial charge < -0.3 is 19.1 Å². The van der Waals surface area contributed by atoms with Crippen LogP contribution in [-0.2, 0) is 21.7 Å². The highest BCUT2D eigenvalue weighted by atomic mass is 19.1. The molecule has 2 aromatic carbocycles. The maximum atomic E-state index is 15.0. The number of hydrogen-bond acceptors (Lipinski definition) is 4. The molecule has 0 aromatic heterocycles. The molecule has 1 saturated heterocycles.